The molecule has 1 rings (SSSR count). The first-order valence-electron chi connectivity index (χ1n) is 14.4. The van der Waals surface area contributed by atoms with Crippen LogP contribution in [-0.2, 0) is 30.4 Å². The molecular weight excluding hydrogens is 556 g/mol. The highest BCUT2D eigenvalue weighted by Gasteiger charge is 2.32. The monoisotopic (exact) mass is 603 g/mol. The van der Waals surface area contributed by atoms with Gasteiger partial charge < -0.3 is 42.7 Å². The van der Waals surface area contributed by atoms with E-state index in [4.69, 9.17) is 11.1 Å². The Hall–Kier alpha value is -4.20. The number of nitrogens with two attached hydrogens (primary N) is 1. The molecule has 4 amide bonds. The van der Waals surface area contributed by atoms with Crippen molar-refractivity contribution < 1.29 is 29.1 Å². The minimum Gasteiger partial charge on any atom is -0.508 e. The summed E-state index contributed by atoms with van der Waals surface area (Å²) in [4.78, 5) is 64.0. The number of hydrogen-bond donors (Lipinski definition) is 9. The van der Waals surface area contributed by atoms with E-state index in [-0.39, 0.29) is 37.0 Å². The summed E-state index contributed by atoms with van der Waals surface area (Å²) >= 11 is 0. The molecule has 0 aliphatic rings. The quantitative estimate of drug-likeness (QED) is 0.0545. The van der Waals surface area contributed by atoms with Crippen LogP contribution in [-0.4, -0.2) is 85.3 Å². The Kier molecular flexibility index (Phi) is 16.3. The van der Waals surface area contributed by atoms with Crippen molar-refractivity contribution in [3.05, 3.63) is 29.8 Å². The van der Waals surface area contributed by atoms with E-state index in [2.05, 4.69) is 31.9 Å². The number of phenolic OH excluding ortho intramolecular Hbond substituents is 1. The Labute approximate surface area is 253 Å². The minimum absolute atomic E-state index is 0.0204. The van der Waals surface area contributed by atoms with Crippen molar-refractivity contribution in [1.82, 2.24) is 31.9 Å². The largest absolute Gasteiger partial charge is 0.508 e. The molecule has 0 saturated carbocycles. The van der Waals surface area contributed by atoms with Crippen LogP contribution < -0.4 is 37.6 Å². The zero-order valence-electron chi connectivity index (χ0n) is 25.6. The fourth-order valence-electron chi connectivity index (χ4n) is 4.11. The third-order valence-corrected chi connectivity index (χ3v) is 6.87. The Morgan fingerprint density at radius 2 is 1.58 bits per heavy atom. The molecule has 0 saturated heterocycles. The molecule has 43 heavy (non-hydrogen) atoms. The highest BCUT2D eigenvalue weighted by molar-refractivity contribution is 5.95. The van der Waals surface area contributed by atoms with Crippen molar-refractivity contribution in [3.63, 3.8) is 0 Å². The summed E-state index contributed by atoms with van der Waals surface area (Å²) in [6.07, 6.45) is 3.12. The lowest BCUT2D eigenvalue weighted by Crippen LogP contribution is -2.59. The molecule has 0 aliphatic heterocycles. The summed E-state index contributed by atoms with van der Waals surface area (Å²) in [5.41, 5.74) is 5.95. The average Bonchev–Trinajstić information content (AvgIpc) is 2.95. The van der Waals surface area contributed by atoms with Gasteiger partial charge in [0.05, 0.1) is 12.6 Å². The van der Waals surface area contributed by atoms with Crippen LogP contribution in [0.1, 0.15) is 52.5 Å². The number of amides is 4. The first kappa shape index (κ1) is 36.8. The fraction of sp³-hybridized carbons (Fsp3) is 0.586. The van der Waals surface area contributed by atoms with Crippen molar-refractivity contribution in [2.24, 2.45) is 17.6 Å². The summed E-state index contributed by atoms with van der Waals surface area (Å²) in [6, 6.07) is 2.11. The summed E-state index contributed by atoms with van der Waals surface area (Å²) in [6.45, 7) is 7.42. The molecule has 1 aromatic rings. The SMILES string of the molecule is CC[C@H](C)[C@@H]([C]=O)NC(=O)[C@H](Cc1ccc(O)cc1)NC(=O)[C@@H](NC(=O)[C@H](CCCNC(=N)N)NC(=O)CNC)C(C)C. The van der Waals surface area contributed by atoms with Crippen molar-refractivity contribution in [2.45, 2.75) is 77.5 Å². The molecule has 5 atom stereocenters. The normalized spacial score (nSPS) is 14.4. The number of nitrogens with one attached hydrogen (secondary N) is 7. The molecule has 0 fully saturated rings. The lowest BCUT2D eigenvalue weighted by atomic mass is 9.98. The third kappa shape index (κ3) is 13.5. The van der Waals surface area contributed by atoms with Crippen LogP contribution >= 0.6 is 0 Å². The predicted octanol–water partition coefficient (Wildman–Crippen LogP) is -0.832. The number of hydrogen-bond acceptors (Lipinski definition) is 8. The number of carbonyl (C=O) groups excluding carboxylic acids is 5. The van der Waals surface area contributed by atoms with Crippen LogP contribution in [0.3, 0.4) is 0 Å². The molecule has 0 spiro atoms. The molecule has 0 aliphatic carbocycles. The van der Waals surface area contributed by atoms with Gasteiger partial charge in [0.1, 0.15) is 23.9 Å². The van der Waals surface area contributed by atoms with E-state index >= 15 is 0 Å². The zero-order chi connectivity index (χ0) is 32.5. The topological polar surface area (TPSA) is 228 Å². The molecule has 10 N–H and O–H groups in total. The fourth-order valence-corrected chi connectivity index (χ4v) is 4.11. The molecule has 14 nitrogen and oxygen atoms in total. The van der Waals surface area contributed by atoms with Gasteiger partial charge in [-0.2, -0.15) is 0 Å². The third-order valence-electron chi connectivity index (χ3n) is 6.87. The first-order chi connectivity index (χ1) is 20.3. The van der Waals surface area contributed by atoms with E-state index in [1.165, 1.54) is 12.1 Å². The molecule has 1 aromatic carbocycles. The van der Waals surface area contributed by atoms with E-state index in [1.54, 1.807) is 40.0 Å². The van der Waals surface area contributed by atoms with Crippen molar-refractivity contribution >= 4 is 35.9 Å². The van der Waals surface area contributed by atoms with Gasteiger partial charge in [-0.1, -0.05) is 46.2 Å². The number of guanidine groups is 1. The zero-order valence-corrected chi connectivity index (χ0v) is 25.6. The van der Waals surface area contributed by atoms with Gasteiger partial charge in [0, 0.05) is 13.0 Å². The number of aromatic hydroxyl groups is 1. The van der Waals surface area contributed by atoms with Gasteiger partial charge in [0.2, 0.25) is 29.9 Å². The van der Waals surface area contributed by atoms with Crippen LogP contribution in [0, 0.1) is 17.2 Å². The second kappa shape index (κ2) is 19.1. The Morgan fingerprint density at radius 3 is 2.12 bits per heavy atom. The maximum atomic E-state index is 13.5. The summed E-state index contributed by atoms with van der Waals surface area (Å²) in [5.74, 6) is -2.99. The number of rotatable bonds is 19. The first-order valence-corrected chi connectivity index (χ1v) is 14.4. The second-order valence-corrected chi connectivity index (χ2v) is 10.8. The smallest absolute Gasteiger partial charge is 0.243 e. The highest BCUT2D eigenvalue weighted by atomic mass is 16.3. The van der Waals surface area contributed by atoms with Crippen molar-refractivity contribution in [2.75, 3.05) is 20.1 Å². The van der Waals surface area contributed by atoms with Gasteiger partial charge in [0.25, 0.3) is 0 Å². The van der Waals surface area contributed by atoms with Crippen LogP contribution in [0.2, 0.25) is 0 Å². The Balaban J connectivity index is 3.16. The van der Waals surface area contributed by atoms with E-state index in [0.717, 1.165) is 0 Å². The van der Waals surface area contributed by atoms with Gasteiger partial charge in [-0.05, 0) is 49.4 Å². The maximum absolute atomic E-state index is 13.5. The van der Waals surface area contributed by atoms with Crippen molar-refractivity contribution in [3.8, 4) is 5.75 Å². The van der Waals surface area contributed by atoms with E-state index in [0.29, 0.717) is 24.9 Å². The molecule has 0 aromatic heterocycles. The van der Waals surface area contributed by atoms with Gasteiger partial charge >= 0.3 is 0 Å². The van der Waals surface area contributed by atoms with Gasteiger partial charge in [-0.25, -0.2) is 0 Å². The standard InChI is InChI=1S/C29H47N8O6/c1-6-18(4)23(16-38)36-27(42)22(14-19-9-11-20(39)12-10-19)35-28(43)25(17(2)3)37-26(41)21(34-24(40)15-32-5)8-7-13-33-29(30)31/h9-12,17-18,21-23,25,32,39H,6-8,13-15H2,1-5H3,(H,34,40)(H,35,43)(H,36,42)(H,37,41)(H4,30,31,33)/t18-,21-,22-,23+,25-/m0/s1. The second-order valence-electron chi connectivity index (χ2n) is 10.8. The maximum Gasteiger partial charge on any atom is 0.243 e. The molecule has 239 valence electrons. The van der Waals surface area contributed by atoms with Gasteiger partial charge in [-0.3, -0.25) is 29.4 Å². The van der Waals surface area contributed by atoms with Crippen LogP contribution in [0.15, 0.2) is 24.3 Å². The molecular formula is C29H47N8O6. The molecule has 0 heterocycles. The van der Waals surface area contributed by atoms with Crippen LogP contribution in [0.4, 0.5) is 0 Å². The summed E-state index contributed by atoms with van der Waals surface area (Å²) in [5, 5.41) is 33.0. The van der Waals surface area contributed by atoms with Crippen LogP contribution in [0.25, 0.3) is 0 Å². The van der Waals surface area contributed by atoms with Gasteiger partial charge in [0.15, 0.2) is 5.96 Å². The lowest BCUT2D eigenvalue weighted by molar-refractivity contribution is -0.134. The van der Waals surface area contributed by atoms with Crippen LogP contribution in [0.5, 0.6) is 5.75 Å². The van der Waals surface area contributed by atoms with Gasteiger partial charge in [-0.15, -0.1) is 0 Å². The number of likely N-dealkylation sites (N-methyl/N-ethyl adjacent to an activating group) is 1. The molecule has 1 radical (unpaired) electrons. The molecule has 0 unspecified atom stereocenters. The summed E-state index contributed by atoms with van der Waals surface area (Å²) < 4.78 is 0. The summed E-state index contributed by atoms with van der Waals surface area (Å²) in [7, 11) is 1.59. The number of carbonyl (C=O) groups is 4. The van der Waals surface area contributed by atoms with E-state index in [9.17, 15) is 29.1 Å². The lowest BCUT2D eigenvalue weighted by Gasteiger charge is -2.28. The number of phenols is 1. The van der Waals surface area contributed by atoms with Crippen molar-refractivity contribution in [1.29, 1.82) is 5.41 Å². The van der Waals surface area contributed by atoms with E-state index < -0.39 is 53.7 Å². The Bertz CT molecular complexity index is 1080. The number of benzene rings is 1. The van der Waals surface area contributed by atoms with E-state index in [1.807, 2.05) is 13.2 Å². The average molecular weight is 604 g/mol. The predicted molar refractivity (Wildman–Crippen MR) is 163 cm³/mol. The minimum atomic E-state index is -1.11. The molecule has 0 bridgehead atoms. The highest BCUT2D eigenvalue weighted by Crippen LogP contribution is 2.13. The Morgan fingerprint density at radius 1 is 0.953 bits per heavy atom. The molecule has 14 heteroatoms.